The standard InChI is InChI=1S/C23H25N5O2/c1-15(2)11-22-26-19-7-6-18(13-20(19)27-22)25-23(29)16-5-8-21(30-3)17(12-16)14-28-10-4-9-24-28/h4-10,12-13,15H,11,14H2,1-3H3,(H,25,29)(H,26,27). The van der Waals surface area contributed by atoms with Crippen molar-refractivity contribution >= 4 is 22.6 Å². The number of ether oxygens (including phenoxy) is 1. The van der Waals surface area contributed by atoms with E-state index in [0.717, 1.165) is 40.3 Å². The van der Waals surface area contributed by atoms with E-state index in [0.29, 0.717) is 18.0 Å². The van der Waals surface area contributed by atoms with Crippen molar-refractivity contribution in [3.05, 3.63) is 71.8 Å². The first-order valence-electron chi connectivity index (χ1n) is 9.96. The molecular formula is C23H25N5O2. The van der Waals surface area contributed by atoms with Crippen molar-refractivity contribution in [3.8, 4) is 5.75 Å². The molecular weight excluding hydrogens is 378 g/mol. The van der Waals surface area contributed by atoms with Gasteiger partial charge in [0.25, 0.3) is 5.91 Å². The molecule has 2 aromatic heterocycles. The first-order chi connectivity index (χ1) is 14.5. The summed E-state index contributed by atoms with van der Waals surface area (Å²) in [5.74, 6) is 2.02. The molecule has 7 nitrogen and oxygen atoms in total. The molecule has 0 fully saturated rings. The number of benzene rings is 2. The van der Waals surface area contributed by atoms with E-state index in [2.05, 4.69) is 34.2 Å². The van der Waals surface area contributed by atoms with E-state index in [9.17, 15) is 4.79 Å². The Morgan fingerprint density at radius 1 is 1.23 bits per heavy atom. The third kappa shape index (κ3) is 4.35. The number of amides is 1. The number of imidazole rings is 1. The van der Waals surface area contributed by atoms with Crippen molar-refractivity contribution in [1.82, 2.24) is 19.7 Å². The molecule has 30 heavy (non-hydrogen) atoms. The second-order valence-electron chi connectivity index (χ2n) is 7.70. The summed E-state index contributed by atoms with van der Waals surface area (Å²) in [7, 11) is 1.62. The van der Waals surface area contributed by atoms with Gasteiger partial charge in [-0.2, -0.15) is 5.10 Å². The van der Waals surface area contributed by atoms with E-state index < -0.39 is 0 Å². The second-order valence-corrected chi connectivity index (χ2v) is 7.70. The predicted octanol–water partition coefficient (Wildman–Crippen LogP) is 4.27. The summed E-state index contributed by atoms with van der Waals surface area (Å²) in [6, 6.07) is 13.0. The van der Waals surface area contributed by atoms with Gasteiger partial charge in [-0.25, -0.2) is 4.98 Å². The molecule has 0 bridgehead atoms. The average Bonchev–Trinajstić information content (AvgIpc) is 3.36. The van der Waals surface area contributed by atoms with Crippen LogP contribution in [0.1, 0.15) is 35.6 Å². The number of nitrogens with zero attached hydrogens (tertiary/aromatic N) is 3. The number of aromatic nitrogens is 4. The maximum absolute atomic E-state index is 12.9. The summed E-state index contributed by atoms with van der Waals surface area (Å²) in [4.78, 5) is 20.8. The lowest BCUT2D eigenvalue weighted by atomic mass is 10.1. The third-order valence-electron chi connectivity index (χ3n) is 4.82. The molecule has 0 aliphatic carbocycles. The number of nitrogens with one attached hydrogen (secondary N) is 2. The van der Waals surface area contributed by atoms with Gasteiger partial charge in [0.2, 0.25) is 0 Å². The molecule has 2 aromatic carbocycles. The number of anilines is 1. The van der Waals surface area contributed by atoms with Crippen molar-refractivity contribution < 1.29 is 9.53 Å². The van der Waals surface area contributed by atoms with E-state index in [1.165, 1.54) is 0 Å². The van der Waals surface area contributed by atoms with Crippen LogP contribution in [0, 0.1) is 5.92 Å². The highest BCUT2D eigenvalue weighted by Gasteiger charge is 2.12. The van der Waals surface area contributed by atoms with Crippen LogP contribution >= 0.6 is 0 Å². The second kappa shape index (κ2) is 8.41. The van der Waals surface area contributed by atoms with Crippen LogP contribution in [-0.4, -0.2) is 32.8 Å². The number of methoxy groups -OCH3 is 1. The molecule has 0 aliphatic heterocycles. The normalized spacial score (nSPS) is 11.2. The van der Waals surface area contributed by atoms with Crippen LogP contribution in [-0.2, 0) is 13.0 Å². The molecule has 0 radical (unpaired) electrons. The lowest BCUT2D eigenvalue weighted by molar-refractivity contribution is 0.102. The van der Waals surface area contributed by atoms with E-state index >= 15 is 0 Å². The van der Waals surface area contributed by atoms with Gasteiger partial charge in [0, 0.05) is 35.6 Å². The number of aromatic amines is 1. The van der Waals surface area contributed by atoms with Gasteiger partial charge in [0.05, 0.1) is 24.7 Å². The lowest BCUT2D eigenvalue weighted by Crippen LogP contribution is -2.13. The third-order valence-corrected chi connectivity index (χ3v) is 4.82. The molecule has 0 aliphatic rings. The zero-order valence-corrected chi connectivity index (χ0v) is 17.3. The number of carbonyl (C=O) groups excluding carboxylic acids is 1. The van der Waals surface area contributed by atoms with Gasteiger partial charge >= 0.3 is 0 Å². The van der Waals surface area contributed by atoms with Crippen molar-refractivity contribution in [2.24, 2.45) is 5.92 Å². The Labute approximate surface area is 175 Å². The Kier molecular flexibility index (Phi) is 5.52. The highest BCUT2D eigenvalue weighted by molar-refractivity contribution is 6.05. The molecule has 1 amide bonds. The number of fused-ring (bicyclic) bond motifs is 1. The summed E-state index contributed by atoms with van der Waals surface area (Å²) in [5, 5.41) is 7.20. The first-order valence-corrected chi connectivity index (χ1v) is 9.96. The minimum absolute atomic E-state index is 0.180. The van der Waals surface area contributed by atoms with Crippen LogP contribution < -0.4 is 10.1 Å². The lowest BCUT2D eigenvalue weighted by Gasteiger charge is -2.11. The Morgan fingerprint density at radius 2 is 2.10 bits per heavy atom. The number of hydrogen-bond donors (Lipinski definition) is 2. The Bertz CT molecular complexity index is 1160. The van der Waals surface area contributed by atoms with Gasteiger partial charge in [-0.05, 0) is 48.4 Å². The van der Waals surface area contributed by atoms with Crippen molar-refractivity contribution in [1.29, 1.82) is 0 Å². The van der Waals surface area contributed by atoms with E-state index in [-0.39, 0.29) is 5.91 Å². The molecule has 4 rings (SSSR count). The molecule has 2 heterocycles. The number of carbonyl (C=O) groups is 1. The van der Waals surface area contributed by atoms with Crippen LogP contribution in [0.2, 0.25) is 0 Å². The van der Waals surface area contributed by atoms with Gasteiger partial charge in [-0.3, -0.25) is 9.48 Å². The van der Waals surface area contributed by atoms with E-state index in [1.807, 2.05) is 42.6 Å². The van der Waals surface area contributed by atoms with Crippen LogP contribution in [0.5, 0.6) is 5.75 Å². The fourth-order valence-corrected chi connectivity index (χ4v) is 3.44. The molecule has 0 saturated carbocycles. The summed E-state index contributed by atoms with van der Waals surface area (Å²) in [6.45, 7) is 4.85. The maximum Gasteiger partial charge on any atom is 0.255 e. The minimum atomic E-state index is -0.180. The van der Waals surface area contributed by atoms with Crippen molar-refractivity contribution in [2.75, 3.05) is 12.4 Å². The Balaban J connectivity index is 1.54. The number of rotatable bonds is 7. The van der Waals surface area contributed by atoms with E-state index in [4.69, 9.17) is 4.74 Å². The molecule has 0 atom stereocenters. The van der Waals surface area contributed by atoms with Crippen molar-refractivity contribution in [2.45, 2.75) is 26.8 Å². The average molecular weight is 403 g/mol. The van der Waals surface area contributed by atoms with Crippen LogP contribution in [0.3, 0.4) is 0 Å². The van der Waals surface area contributed by atoms with Crippen molar-refractivity contribution in [3.63, 3.8) is 0 Å². The number of hydrogen-bond acceptors (Lipinski definition) is 4. The predicted molar refractivity (Wildman–Crippen MR) is 117 cm³/mol. The minimum Gasteiger partial charge on any atom is -0.496 e. The van der Waals surface area contributed by atoms with E-state index in [1.54, 1.807) is 24.1 Å². The molecule has 0 unspecified atom stereocenters. The monoisotopic (exact) mass is 403 g/mol. The van der Waals surface area contributed by atoms with Gasteiger partial charge in [-0.1, -0.05) is 13.8 Å². The summed E-state index contributed by atoms with van der Waals surface area (Å²) < 4.78 is 7.23. The molecule has 0 spiro atoms. The smallest absolute Gasteiger partial charge is 0.255 e. The zero-order chi connectivity index (χ0) is 21.1. The van der Waals surface area contributed by atoms with Gasteiger partial charge in [-0.15, -0.1) is 0 Å². The van der Waals surface area contributed by atoms with Crippen LogP contribution in [0.25, 0.3) is 11.0 Å². The molecule has 154 valence electrons. The SMILES string of the molecule is COc1ccc(C(=O)Nc2ccc3nc(CC(C)C)[nH]c3c2)cc1Cn1cccn1. The Hall–Kier alpha value is -3.61. The largest absolute Gasteiger partial charge is 0.496 e. The highest BCUT2D eigenvalue weighted by Crippen LogP contribution is 2.23. The van der Waals surface area contributed by atoms with Crippen LogP contribution in [0.4, 0.5) is 5.69 Å². The topological polar surface area (TPSA) is 84.8 Å². The molecule has 0 saturated heterocycles. The fourth-order valence-electron chi connectivity index (χ4n) is 3.44. The summed E-state index contributed by atoms with van der Waals surface area (Å²) >= 11 is 0. The number of H-pyrrole nitrogens is 1. The summed E-state index contributed by atoms with van der Waals surface area (Å²) in [5.41, 5.74) is 3.98. The highest BCUT2D eigenvalue weighted by atomic mass is 16.5. The summed E-state index contributed by atoms with van der Waals surface area (Å²) in [6.07, 6.45) is 4.49. The molecule has 4 aromatic rings. The van der Waals surface area contributed by atoms with Gasteiger partial charge in [0.15, 0.2) is 0 Å². The molecule has 7 heteroatoms. The fraction of sp³-hybridized carbons (Fsp3) is 0.261. The zero-order valence-electron chi connectivity index (χ0n) is 17.3. The van der Waals surface area contributed by atoms with Gasteiger partial charge in [0.1, 0.15) is 11.6 Å². The quantitative estimate of drug-likeness (QED) is 0.483. The molecule has 2 N–H and O–H groups in total. The van der Waals surface area contributed by atoms with Crippen LogP contribution in [0.15, 0.2) is 54.9 Å². The first kappa shape index (κ1) is 19.7. The Morgan fingerprint density at radius 3 is 2.83 bits per heavy atom. The van der Waals surface area contributed by atoms with Gasteiger partial charge < -0.3 is 15.0 Å². The maximum atomic E-state index is 12.9.